The van der Waals surface area contributed by atoms with Gasteiger partial charge in [0.15, 0.2) is 11.5 Å². The molecule has 3 heterocycles. The fourth-order valence-corrected chi connectivity index (χ4v) is 7.58. The molecule has 2 aromatic rings. The van der Waals surface area contributed by atoms with Crippen molar-refractivity contribution in [3.8, 4) is 11.5 Å². The van der Waals surface area contributed by atoms with Crippen molar-refractivity contribution < 1.29 is 19.7 Å². The number of aryl methyl sites for hydroxylation is 1. The molecule has 1 saturated heterocycles. The first-order valence-corrected chi connectivity index (χ1v) is 12.8. The molecule has 180 valence electrons. The summed E-state index contributed by atoms with van der Waals surface area (Å²) < 4.78 is 6.51. The first-order chi connectivity index (χ1) is 16.5. The van der Waals surface area contributed by atoms with Crippen LogP contribution in [0.2, 0.25) is 0 Å². The minimum Gasteiger partial charge on any atom is -0.504 e. The van der Waals surface area contributed by atoms with Crippen LogP contribution in [0.15, 0.2) is 24.4 Å². The number of aromatic nitrogens is 2. The lowest BCUT2D eigenvalue weighted by molar-refractivity contribution is -0.192. The Balaban J connectivity index is 1.22. The van der Waals surface area contributed by atoms with Crippen LogP contribution in [0.3, 0.4) is 0 Å². The number of ether oxygens (including phenoxy) is 1. The number of phenols is 1. The molecule has 8 heteroatoms. The maximum atomic E-state index is 12.9. The van der Waals surface area contributed by atoms with Crippen LogP contribution in [0.25, 0.3) is 0 Å². The number of nitrogens with one attached hydrogen (secondary N) is 2. The molecule has 0 radical (unpaired) electrons. The zero-order valence-corrected chi connectivity index (χ0v) is 19.3. The molecule has 2 saturated carbocycles. The fraction of sp³-hybridized carbons (Fsp3) is 0.615. The maximum absolute atomic E-state index is 12.9. The van der Waals surface area contributed by atoms with Gasteiger partial charge in [-0.25, -0.2) is 0 Å². The van der Waals surface area contributed by atoms with Gasteiger partial charge in [-0.2, -0.15) is 5.10 Å². The van der Waals surface area contributed by atoms with E-state index >= 15 is 0 Å². The molecule has 1 aromatic carbocycles. The largest absolute Gasteiger partial charge is 0.504 e. The van der Waals surface area contributed by atoms with Crippen molar-refractivity contribution in [1.82, 2.24) is 20.4 Å². The number of rotatable bonds is 6. The zero-order chi connectivity index (χ0) is 23.1. The highest BCUT2D eigenvalue weighted by Crippen LogP contribution is 2.65. The van der Waals surface area contributed by atoms with Crippen molar-refractivity contribution in [2.24, 2.45) is 5.92 Å². The van der Waals surface area contributed by atoms with Crippen LogP contribution in [0.1, 0.15) is 55.3 Å². The van der Waals surface area contributed by atoms with E-state index < -0.39 is 11.0 Å². The standard InChI is InChI=1S/C26H32N4O4/c31-19-5-3-16-13-20-26(33)9-7-18(28-21(32)6-4-17-8-11-27-29-17)24-25(26,22(16)23(19)34-24)10-12-30(20)14-15-1-2-15/h3,5,8,11,15,18,20,24,31,33H,1-2,4,6-7,9-10,12-14H2,(H,27,29)(H,28,32)/t18-,20+,24-,25-,26+/m0/s1. The van der Waals surface area contributed by atoms with Crippen LogP contribution >= 0.6 is 0 Å². The van der Waals surface area contributed by atoms with Gasteiger partial charge >= 0.3 is 0 Å². The van der Waals surface area contributed by atoms with Crippen molar-refractivity contribution in [3.05, 3.63) is 41.2 Å². The summed E-state index contributed by atoms with van der Waals surface area (Å²) in [4.78, 5) is 15.4. The molecular formula is C26H32N4O4. The van der Waals surface area contributed by atoms with Crippen LogP contribution < -0.4 is 10.1 Å². The monoisotopic (exact) mass is 464 g/mol. The number of phenolic OH excluding ortho intramolecular Hbond substituents is 1. The van der Waals surface area contributed by atoms with Gasteiger partial charge in [0.2, 0.25) is 5.91 Å². The number of H-pyrrole nitrogens is 1. The van der Waals surface area contributed by atoms with E-state index in [2.05, 4.69) is 20.4 Å². The van der Waals surface area contributed by atoms with Crippen LogP contribution in [0.4, 0.5) is 0 Å². The normalized spacial score (nSPS) is 35.5. The van der Waals surface area contributed by atoms with Crippen LogP contribution in [0, 0.1) is 5.92 Å². The number of likely N-dealkylation sites (tertiary alicyclic amines) is 1. The van der Waals surface area contributed by atoms with E-state index in [-0.39, 0.29) is 29.8 Å². The van der Waals surface area contributed by atoms with Gasteiger partial charge in [-0.15, -0.1) is 0 Å². The highest BCUT2D eigenvalue weighted by molar-refractivity contribution is 5.77. The summed E-state index contributed by atoms with van der Waals surface area (Å²) in [6.45, 7) is 1.97. The third-order valence-electron chi connectivity index (χ3n) is 9.29. The Morgan fingerprint density at radius 3 is 2.94 bits per heavy atom. The molecule has 8 nitrogen and oxygen atoms in total. The van der Waals surface area contributed by atoms with Crippen molar-refractivity contribution in [2.45, 2.75) is 80.6 Å². The first-order valence-electron chi connectivity index (χ1n) is 12.8. The zero-order valence-electron chi connectivity index (χ0n) is 19.3. The number of carbonyl (C=O) groups excluding carboxylic acids is 1. The minimum atomic E-state index is -0.923. The topological polar surface area (TPSA) is 111 Å². The molecule has 2 bridgehead atoms. The molecule has 1 amide bonds. The lowest BCUT2D eigenvalue weighted by Crippen LogP contribution is -2.78. The number of aromatic hydroxyl groups is 1. The third kappa shape index (κ3) is 2.78. The molecule has 2 aliphatic heterocycles. The van der Waals surface area contributed by atoms with Gasteiger partial charge in [0.05, 0.1) is 17.1 Å². The van der Waals surface area contributed by atoms with Gasteiger partial charge < -0.3 is 20.3 Å². The van der Waals surface area contributed by atoms with Crippen LogP contribution in [0.5, 0.6) is 11.5 Å². The molecule has 1 spiro atoms. The molecule has 3 aliphatic carbocycles. The second-order valence-electron chi connectivity index (χ2n) is 11.1. The second-order valence-corrected chi connectivity index (χ2v) is 11.1. The number of benzene rings is 1. The molecule has 3 fully saturated rings. The quantitative estimate of drug-likeness (QED) is 0.519. The van der Waals surface area contributed by atoms with E-state index in [0.29, 0.717) is 31.4 Å². The molecule has 7 rings (SSSR count). The Hall–Kier alpha value is -2.58. The number of carbonyl (C=O) groups is 1. The number of aromatic amines is 1. The van der Waals surface area contributed by atoms with Crippen molar-refractivity contribution in [3.63, 3.8) is 0 Å². The van der Waals surface area contributed by atoms with Crippen molar-refractivity contribution >= 4 is 5.91 Å². The predicted octanol–water partition coefficient (Wildman–Crippen LogP) is 1.80. The number of hydrogen-bond donors (Lipinski definition) is 4. The second kappa shape index (κ2) is 7.21. The van der Waals surface area contributed by atoms with Gasteiger partial charge in [-0.05, 0) is 75.1 Å². The maximum Gasteiger partial charge on any atom is 0.220 e. The Labute approximate surface area is 198 Å². The van der Waals surface area contributed by atoms with E-state index in [9.17, 15) is 15.0 Å². The van der Waals surface area contributed by atoms with Gasteiger partial charge in [0.25, 0.3) is 0 Å². The Kier molecular flexibility index (Phi) is 4.40. The summed E-state index contributed by atoms with van der Waals surface area (Å²) in [5.41, 5.74) is 1.59. The number of nitrogens with zero attached hydrogens (tertiary/aromatic N) is 2. The molecule has 34 heavy (non-hydrogen) atoms. The average Bonchev–Trinajstić information content (AvgIpc) is 3.33. The van der Waals surface area contributed by atoms with Crippen LogP contribution in [-0.2, 0) is 23.1 Å². The van der Waals surface area contributed by atoms with Crippen LogP contribution in [-0.4, -0.2) is 68.1 Å². The van der Waals surface area contributed by atoms with Gasteiger partial charge in [0.1, 0.15) is 6.10 Å². The van der Waals surface area contributed by atoms with Gasteiger partial charge in [0, 0.05) is 36.5 Å². The lowest BCUT2D eigenvalue weighted by Gasteiger charge is -2.64. The van der Waals surface area contributed by atoms with E-state index in [1.54, 1.807) is 12.3 Å². The number of amides is 1. The molecule has 4 N–H and O–H groups in total. The van der Waals surface area contributed by atoms with E-state index in [1.165, 1.54) is 18.4 Å². The minimum absolute atomic E-state index is 0.0241. The SMILES string of the molecule is O=C(CCc1ccn[nH]1)N[C@H]1CC[C@@]2(O)[C@H]3Cc4ccc(O)c5c4[C@@]2(CCN3CC2CC2)[C@H]1O5. The molecular weight excluding hydrogens is 432 g/mol. The highest BCUT2D eigenvalue weighted by Gasteiger charge is 2.73. The highest BCUT2D eigenvalue weighted by atomic mass is 16.5. The fourth-order valence-electron chi connectivity index (χ4n) is 7.58. The smallest absolute Gasteiger partial charge is 0.220 e. The van der Waals surface area contributed by atoms with Gasteiger partial charge in [-0.1, -0.05) is 6.07 Å². The number of hydrogen-bond acceptors (Lipinski definition) is 6. The average molecular weight is 465 g/mol. The summed E-state index contributed by atoms with van der Waals surface area (Å²) in [5.74, 6) is 1.39. The first kappa shape index (κ1) is 20.8. The van der Waals surface area contributed by atoms with Crippen molar-refractivity contribution in [2.75, 3.05) is 13.1 Å². The van der Waals surface area contributed by atoms with Gasteiger partial charge in [-0.3, -0.25) is 14.8 Å². The molecule has 5 atom stereocenters. The number of aliphatic hydroxyl groups is 1. The van der Waals surface area contributed by atoms with E-state index in [0.717, 1.165) is 43.1 Å². The van der Waals surface area contributed by atoms with E-state index in [4.69, 9.17) is 4.74 Å². The summed E-state index contributed by atoms with van der Waals surface area (Å²) in [6, 6.07) is 5.47. The third-order valence-corrected chi connectivity index (χ3v) is 9.29. The molecule has 5 aliphatic rings. The summed E-state index contributed by atoms with van der Waals surface area (Å²) in [5, 5.41) is 33.3. The Morgan fingerprint density at radius 1 is 1.26 bits per heavy atom. The van der Waals surface area contributed by atoms with Crippen molar-refractivity contribution in [1.29, 1.82) is 0 Å². The molecule has 1 aromatic heterocycles. The van der Waals surface area contributed by atoms with E-state index in [1.807, 2.05) is 12.1 Å². The Bertz CT molecular complexity index is 1130. The number of piperidine rings is 1. The predicted molar refractivity (Wildman–Crippen MR) is 124 cm³/mol. The molecule has 0 unspecified atom stereocenters. The summed E-state index contributed by atoms with van der Waals surface area (Å²) in [6.07, 6.45) is 7.71. The lowest BCUT2D eigenvalue weighted by atomic mass is 9.48. The summed E-state index contributed by atoms with van der Waals surface area (Å²) >= 11 is 0. The summed E-state index contributed by atoms with van der Waals surface area (Å²) in [7, 11) is 0. The Morgan fingerprint density at radius 2 is 2.15 bits per heavy atom.